The molecular weight excluding hydrogens is 477 g/mol. The Labute approximate surface area is 189 Å². The number of halogens is 1. The molecular formula is C22H28IN5O. The van der Waals surface area contributed by atoms with Gasteiger partial charge in [0, 0.05) is 20.6 Å². The summed E-state index contributed by atoms with van der Waals surface area (Å²) in [5, 5.41) is 3.41. The zero-order valence-electron chi connectivity index (χ0n) is 17.1. The van der Waals surface area contributed by atoms with Crippen LogP contribution >= 0.6 is 24.0 Å². The van der Waals surface area contributed by atoms with Crippen molar-refractivity contribution in [3.8, 4) is 17.0 Å². The summed E-state index contributed by atoms with van der Waals surface area (Å²) in [5.74, 6) is 2.64. The molecule has 0 aliphatic heterocycles. The molecule has 3 rings (SSSR count). The van der Waals surface area contributed by atoms with Crippen molar-refractivity contribution in [3.63, 3.8) is 0 Å². The number of ether oxygens (including phenoxy) is 1. The highest BCUT2D eigenvalue weighted by atomic mass is 127. The number of imidazole rings is 1. The Balaban J connectivity index is 0.00000300. The van der Waals surface area contributed by atoms with Crippen molar-refractivity contribution in [3.05, 3.63) is 72.2 Å². The first-order valence-corrected chi connectivity index (χ1v) is 9.34. The van der Waals surface area contributed by atoms with Gasteiger partial charge in [-0.05, 0) is 23.6 Å². The molecule has 2 N–H and O–H groups in total. The summed E-state index contributed by atoms with van der Waals surface area (Å²) in [6.07, 6.45) is 2.73. The molecule has 0 fully saturated rings. The summed E-state index contributed by atoms with van der Waals surface area (Å²) >= 11 is 0. The second kappa shape index (κ2) is 11.5. The minimum absolute atomic E-state index is 0. The molecule has 29 heavy (non-hydrogen) atoms. The molecule has 0 aliphatic carbocycles. The van der Waals surface area contributed by atoms with Crippen LogP contribution in [0.1, 0.15) is 11.4 Å². The number of guanidine groups is 1. The van der Waals surface area contributed by atoms with Gasteiger partial charge in [-0.3, -0.25) is 4.99 Å². The lowest BCUT2D eigenvalue weighted by Gasteiger charge is -2.21. The molecule has 1 heterocycles. The highest BCUT2D eigenvalue weighted by Crippen LogP contribution is 2.18. The van der Waals surface area contributed by atoms with Gasteiger partial charge in [0.2, 0.25) is 0 Å². The number of rotatable bonds is 7. The molecule has 2 aromatic carbocycles. The van der Waals surface area contributed by atoms with E-state index in [0.717, 1.165) is 41.8 Å². The van der Waals surface area contributed by atoms with Gasteiger partial charge >= 0.3 is 0 Å². The van der Waals surface area contributed by atoms with E-state index >= 15 is 0 Å². The Kier molecular flexibility index (Phi) is 8.98. The lowest BCUT2D eigenvalue weighted by molar-refractivity contribution is 0.409. The number of aromatic nitrogens is 2. The molecule has 0 spiro atoms. The van der Waals surface area contributed by atoms with Crippen LogP contribution in [0, 0.1) is 0 Å². The van der Waals surface area contributed by atoms with Gasteiger partial charge in [-0.2, -0.15) is 0 Å². The van der Waals surface area contributed by atoms with Crippen LogP contribution < -0.4 is 10.1 Å². The molecule has 0 amide bonds. The summed E-state index contributed by atoms with van der Waals surface area (Å²) in [7, 11) is 5.49. The van der Waals surface area contributed by atoms with Gasteiger partial charge in [0.05, 0.1) is 25.5 Å². The van der Waals surface area contributed by atoms with Crippen molar-refractivity contribution in [1.82, 2.24) is 20.2 Å². The zero-order valence-corrected chi connectivity index (χ0v) is 19.4. The van der Waals surface area contributed by atoms with Crippen LogP contribution in [0.3, 0.4) is 0 Å². The SMILES string of the molecule is CN=C(NCCc1ccccc1OC)N(C)Cc1ncc(-c2ccccc2)[nH]1.I. The first kappa shape index (κ1) is 22.7. The Morgan fingerprint density at radius 3 is 2.59 bits per heavy atom. The van der Waals surface area contributed by atoms with Gasteiger partial charge in [0.1, 0.15) is 11.6 Å². The number of H-pyrrole nitrogens is 1. The van der Waals surface area contributed by atoms with E-state index in [2.05, 4.69) is 43.4 Å². The molecule has 0 saturated heterocycles. The van der Waals surface area contributed by atoms with Crippen molar-refractivity contribution in [2.75, 3.05) is 27.7 Å². The maximum Gasteiger partial charge on any atom is 0.193 e. The Morgan fingerprint density at radius 1 is 1.14 bits per heavy atom. The second-order valence-corrected chi connectivity index (χ2v) is 6.50. The number of aromatic amines is 1. The van der Waals surface area contributed by atoms with E-state index in [1.54, 1.807) is 14.2 Å². The largest absolute Gasteiger partial charge is 0.496 e. The third-order valence-electron chi connectivity index (χ3n) is 4.54. The average molecular weight is 505 g/mol. The predicted octanol–water partition coefficient (Wildman–Crippen LogP) is 3.95. The highest BCUT2D eigenvalue weighted by Gasteiger charge is 2.10. The molecule has 0 saturated carbocycles. The summed E-state index contributed by atoms with van der Waals surface area (Å²) in [5.41, 5.74) is 3.32. The lowest BCUT2D eigenvalue weighted by atomic mass is 10.1. The average Bonchev–Trinajstić information content (AvgIpc) is 3.20. The Hall–Kier alpha value is -2.55. The van der Waals surface area contributed by atoms with E-state index < -0.39 is 0 Å². The summed E-state index contributed by atoms with van der Waals surface area (Å²) < 4.78 is 5.41. The summed E-state index contributed by atoms with van der Waals surface area (Å²) in [6.45, 7) is 1.41. The first-order valence-electron chi connectivity index (χ1n) is 9.34. The van der Waals surface area contributed by atoms with Crippen LogP contribution in [0.15, 0.2) is 65.8 Å². The van der Waals surface area contributed by atoms with Crippen molar-refractivity contribution in [1.29, 1.82) is 0 Å². The molecule has 154 valence electrons. The standard InChI is InChI=1S/C22H27N5O.HI/c1-23-22(24-14-13-18-11-7-8-12-20(18)28-3)27(2)16-21-25-15-19(26-21)17-9-5-4-6-10-17;/h4-12,15H,13-14,16H2,1-3H3,(H,23,24)(H,25,26);1H. The van der Waals surface area contributed by atoms with E-state index in [9.17, 15) is 0 Å². The monoisotopic (exact) mass is 505 g/mol. The van der Waals surface area contributed by atoms with Gasteiger partial charge in [0.25, 0.3) is 0 Å². The number of benzene rings is 2. The van der Waals surface area contributed by atoms with Crippen molar-refractivity contribution in [2.24, 2.45) is 4.99 Å². The van der Waals surface area contributed by atoms with Crippen LogP contribution in [0.5, 0.6) is 5.75 Å². The van der Waals surface area contributed by atoms with Crippen molar-refractivity contribution >= 4 is 29.9 Å². The fourth-order valence-electron chi connectivity index (χ4n) is 3.11. The van der Waals surface area contributed by atoms with E-state index in [-0.39, 0.29) is 24.0 Å². The van der Waals surface area contributed by atoms with Gasteiger partial charge < -0.3 is 19.9 Å². The third-order valence-corrected chi connectivity index (χ3v) is 4.54. The van der Waals surface area contributed by atoms with Crippen LogP contribution in [0.4, 0.5) is 0 Å². The smallest absolute Gasteiger partial charge is 0.193 e. The lowest BCUT2D eigenvalue weighted by Crippen LogP contribution is -2.39. The maximum absolute atomic E-state index is 5.41. The fraction of sp³-hybridized carbons (Fsp3) is 0.273. The summed E-state index contributed by atoms with van der Waals surface area (Å²) in [4.78, 5) is 14.3. The molecule has 0 atom stereocenters. The number of methoxy groups -OCH3 is 1. The number of aliphatic imine (C=N–C) groups is 1. The number of nitrogens with zero attached hydrogens (tertiary/aromatic N) is 3. The van der Waals surface area contributed by atoms with Gasteiger partial charge in [-0.15, -0.1) is 24.0 Å². The van der Waals surface area contributed by atoms with Crippen LogP contribution in [0.2, 0.25) is 0 Å². The normalized spacial score (nSPS) is 10.9. The topological polar surface area (TPSA) is 65.5 Å². The van der Waals surface area contributed by atoms with Crippen LogP contribution in [-0.2, 0) is 13.0 Å². The quantitative estimate of drug-likeness (QED) is 0.290. The number of hydrogen-bond donors (Lipinski definition) is 2. The van der Waals surface area contributed by atoms with E-state index in [4.69, 9.17) is 4.74 Å². The molecule has 0 bridgehead atoms. The molecule has 1 aromatic heterocycles. The van der Waals surface area contributed by atoms with Crippen molar-refractivity contribution in [2.45, 2.75) is 13.0 Å². The zero-order chi connectivity index (χ0) is 19.8. The molecule has 0 aliphatic rings. The predicted molar refractivity (Wildman–Crippen MR) is 129 cm³/mol. The van der Waals surface area contributed by atoms with E-state index in [1.807, 2.05) is 49.6 Å². The number of nitrogens with one attached hydrogen (secondary N) is 2. The minimum atomic E-state index is 0. The molecule has 0 unspecified atom stereocenters. The first-order chi connectivity index (χ1) is 13.7. The molecule has 6 nitrogen and oxygen atoms in total. The third kappa shape index (κ3) is 6.22. The highest BCUT2D eigenvalue weighted by molar-refractivity contribution is 14.0. The van der Waals surface area contributed by atoms with Crippen LogP contribution in [-0.4, -0.2) is 48.6 Å². The molecule has 3 aromatic rings. The maximum atomic E-state index is 5.41. The van der Waals surface area contributed by atoms with Crippen molar-refractivity contribution < 1.29 is 4.74 Å². The Bertz CT molecular complexity index is 910. The number of hydrogen-bond acceptors (Lipinski definition) is 3. The minimum Gasteiger partial charge on any atom is -0.496 e. The molecule has 7 heteroatoms. The fourth-order valence-corrected chi connectivity index (χ4v) is 3.11. The summed E-state index contributed by atoms with van der Waals surface area (Å²) in [6, 6.07) is 18.3. The van der Waals surface area contributed by atoms with Crippen LogP contribution in [0.25, 0.3) is 11.3 Å². The van der Waals surface area contributed by atoms with Gasteiger partial charge in [0.15, 0.2) is 5.96 Å². The number of para-hydroxylation sites is 1. The van der Waals surface area contributed by atoms with Gasteiger partial charge in [-0.25, -0.2) is 4.98 Å². The molecule has 0 radical (unpaired) electrons. The van der Waals surface area contributed by atoms with E-state index in [1.165, 1.54) is 5.56 Å². The Morgan fingerprint density at radius 2 is 1.86 bits per heavy atom. The van der Waals surface area contributed by atoms with Gasteiger partial charge in [-0.1, -0.05) is 48.5 Å². The van der Waals surface area contributed by atoms with E-state index in [0.29, 0.717) is 6.54 Å². The second-order valence-electron chi connectivity index (χ2n) is 6.50.